The number of hydrogen-bond acceptors (Lipinski definition) is 4. The lowest BCUT2D eigenvalue weighted by molar-refractivity contribution is -0.122. The van der Waals surface area contributed by atoms with Gasteiger partial charge in [0.15, 0.2) is 15.6 Å². The van der Waals surface area contributed by atoms with Crippen molar-refractivity contribution < 1.29 is 13.2 Å². The molecule has 0 aliphatic heterocycles. The Morgan fingerprint density at radius 3 is 2.07 bits per heavy atom. The number of carbonyl (C=O) groups is 1. The second kappa shape index (κ2) is 4.40. The molecule has 0 aromatic rings. The van der Waals surface area contributed by atoms with Gasteiger partial charge >= 0.3 is 0 Å². The van der Waals surface area contributed by atoms with Crippen LogP contribution in [0.25, 0.3) is 0 Å². The first-order chi connectivity index (χ1) is 6.07. The highest BCUT2D eigenvalue weighted by Crippen LogP contribution is 2.07. The minimum absolute atomic E-state index is 0.00398. The van der Waals surface area contributed by atoms with Crippen LogP contribution in [0, 0.1) is 0 Å². The standard InChI is InChI=1S/C9H19NO3S/c1-7(2)14(12,13)6-5-8(11)9(3,4)10/h7H,5-6,10H2,1-4H3. The lowest BCUT2D eigenvalue weighted by Crippen LogP contribution is -2.42. The lowest BCUT2D eigenvalue weighted by Gasteiger charge is -2.16. The Hall–Kier alpha value is -0.420. The van der Waals surface area contributed by atoms with Crippen molar-refractivity contribution in [3.8, 4) is 0 Å². The second-order valence-electron chi connectivity index (χ2n) is 4.31. The van der Waals surface area contributed by atoms with Crippen LogP contribution >= 0.6 is 0 Å². The molecule has 2 N–H and O–H groups in total. The van der Waals surface area contributed by atoms with Crippen LogP contribution in [0.4, 0.5) is 0 Å². The average Bonchev–Trinajstić information content (AvgIpc) is 1.98. The zero-order chi connectivity index (χ0) is 11.6. The van der Waals surface area contributed by atoms with E-state index in [-0.39, 0.29) is 18.0 Å². The van der Waals surface area contributed by atoms with Gasteiger partial charge in [-0.05, 0) is 27.7 Å². The SMILES string of the molecule is CC(C)S(=O)(=O)CCC(=O)C(C)(C)N. The van der Waals surface area contributed by atoms with Crippen LogP contribution < -0.4 is 5.73 Å². The van der Waals surface area contributed by atoms with Gasteiger partial charge in [0, 0.05) is 6.42 Å². The minimum atomic E-state index is -3.13. The summed E-state index contributed by atoms with van der Waals surface area (Å²) in [6.07, 6.45) is 0.00398. The van der Waals surface area contributed by atoms with Gasteiger partial charge < -0.3 is 5.73 Å². The summed E-state index contributed by atoms with van der Waals surface area (Å²) in [7, 11) is -3.13. The maximum Gasteiger partial charge on any atom is 0.153 e. The first-order valence-electron chi connectivity index (χ1n) is 4.61. The van der Waals surface area contributed by atoms with Crippen LogP contribution in [0.1, 0.15) is 34.1 Å². The van der Waals surface area contributed by atoms with Crippen molar-refractivity contribution in [3.05, 3.63) is 0 Å². The highest BCUT2D eigenvalue weighted by molar-refractivity contribution is 7.91. The molecule has 0 aliphatic rings. The lowest BCUT2D eigenvalue weighted by atomic mass is 9.99. The first-order valence-corrected chi connectivity index (χ1v) is 6.32. The summed E-state index contributed by atoms with van der Waals surface area (Å²) >= 11 is 0. The third-order valence-electron chi connectivity index (χ3n) is 2.05. The molecule has 0 saturated carbocycles. The fourth-order valence-electron chi connectivity index (χ4n) is 0.793. The number of hydrogen-bond donors (Lipinski definition) is 1. The molecule has 0 unspecified atom stereocenters. The molecule has 14 heavy (non-hydrogen) atoms. The van der Waals surface area contributed by atoms with E-state index in [0.717, 1.165) is 0 Å². The summed E-state index contributed by atoms with van der Waals surface area (Å²) in [6.45, 7) is 6.37. The van der Waals surface area contributed by atoms with Gasteiger partial charge in [-0.1, -0.05) is 0 Å². The fraction of sp³-hybridized carbons (Fsp3) is 0.889. The maximum absolute atomic E-state index is 11.4. The van der Waals surface area contributed by atoms with E-state index in [1.165, 1.54) is 0 Å². The zero-order valence-electron chi connectivity index (χ0n) is 9.20. The predicted octanol–water partition coefficient (Wildman–Crippen LogP) is 0.506. The maximum atomic E-state index is 11.4. The van der Waals surface area contributed by atoms with Crippen LogP contribution in [-0.2, 0) is 14.6 Å². The normalized spacial score (nSPS) is 13.3. The van der Waals surface area contributed by atoms with E-state index >= 15 is 0 Å². The quantitative estimate of drug-likeness (QED) is 0.733. The van der Waals surface area contributed by atoms with Crippen LogP contribution in [0.15, 0.2) is 0 Å². The fourth-order valence-corrected chi connectivity index (χ4v) is 1.73. The average molecular weight is 221 g/mol. The van der Waals surface area contributed by atoms with Gasteiger partial charge in [-0.2, -0.15) is 0 Å². The van der Waals surface area contributed by atoms with E-state index in [1.807, 2.05) is 0 Å². The molecule has 4 nitrogen and oxygen atoms in total. The van der Waals surface area contributed by atoms with E-state index in [2.05, 4.69) is 0 Å². The molecule has 5 heteroatoms. The number of sulfone groups is 1. The number of ketones is 1. The minimum Gasteiger partial charge on any atom is -0.319 e. The molecule has 0 spiro atoms. The van der Waals surface area contributed by atoms with Crippen molar-refractivity contribution in [3.63, 3.8) is 0 Å². The van der Waals surface area contributed by atoms with Gasteiger partial charge in [0.05, 0.1) is 16.5 Å². The Morgan fingerprint density at radius 2 is 1.79 bits per heavy atom. The van der Waals surface area contributed by atoms with Crippen molar-refractivity contribution in [2.45, 2.75) is 44.9 Å². The summed E-state index contributed by atoms with van der Waals surface area (Å²) in [4.78, 5) is 11.3. The number of rotatable bonds is 5. The van der Waals surface area contributed by atoms with E-state index < -0.39 is 20.6 Å². The Kier molecular flexibility index (Phi) is 4.27. The van der Waals surface area contributed by atoms with Gasteiger partial charge in [-0.25, -0.2) is 8.42 Å². The zero-order valence-corrected chi connectivity index (χ0v) is 10.0. The number of carbonyl (C=O) groups excluding carboxylic acids is 1. The molecule has 0 aliphatic carbocycles. The van der Waals surface area contributed by atoms with Crippen LogP contribution in [0.3, 0.4) is 0 Å². The largest absolute Gasteiger partial charge is 0.319 e. The highest BCUT2D eigenvalue weighted by atomic mass is 32.2. The molecule has 0 fully saturated rings. The molecule has 0 atom stereocenters. The van der Waals surface area contributed by atoms with Crippen molar-refractivity contribution in [2.75, 3.05) is 5.75 Å². The Labute approximate surface area is 85.8 Å². The molecule has 0 amide bonds. The molecular weight excluding hydrogens is 202 g/mol. The molecule has 0 saturated heterocycles. The molecule has 0 rings (SSSR count). The van der Waals surface area contributed by atoms with E-state index in [4.69, 9.17) is 5.73 Å². The summed E-state index contributed by atoms with van der Waals surface area (Å²) < 4.78 is 22.7. The van der Waals surface area contributed by atoms with Gasteiger partial charge in [0.2, 0.25) is 0 Å². The van der Waals surface area contributed by atoms with Crippen molar-refractivity contribution in [2.24, 2.45) is 5.73 Å². The van der Waals surface area contributed by atoms with Gasteiger partial charge in [-0.3, -0.25) is 4.79 Å². The van der Waals surface area contributed by atoms with Crippen LogP contribution in [0.5, 0.6) is 0 Å². The summed E-state index contributed by atoms with van der Waals surface area (Å²) in [5.41, 5.74) is 4.60. The predicted molar refractivity (Wildman–Crippen MR) is 56.8 cm³/mol. The van der Waals surface area contributed by atoms with Crippen LogP contribution in [0.2, 0.25) is 0 Å². The second-order valence-corrected chi connectivity index (χ2v) is 6.99. The summed E-state index contributed by atoms with van der Waals surface area (Å²) in [5, 5.41) is -0.434. The smallest absolute Gasteiger partial charge is 0.153 e. The Bertz CT molecular complexity index is 299. The molecule has 84 valence electrons. The Morgan fingerprint density at radius 1 is 1.36 bits per heavy atom. The number of nitrogens with two attached hydrogens (primary N) is 1. The highest BCUT2D eigenvalue weighted by Gasteiger charge is 2.24. The first kappa shape index (κ1) is 13.6. The molecule has 0 aromatic heterocycles. The Balaban J connectivity index is 4.29. The molecule has 0 radical (unpaired) electrons. The molecule has 0 aromatic carbocycles. The summed E-state index contributed by atoms with van der Waals surface area (Å²) in [5.74, 6) is -0.328. The third-order valence-corrected chi connectivity index (χ3v) is 4.26. The van der Waals surface area contributed by atoms with Gasteiger partial charge in [0.25, 0.3) is 0 Å². The van der Waals surface area contributed by atoms with Gasteiger partial charge in [0.1, 0.15) is 0 Å². The van der Waals surface area contributed by atoms with Crippen molar-refractivity contribution in [1.29, 1.82) is 0 Å². The summed E-state index contributed by atoms with van der Waals surface area (Å²) in [6, 6.07) is 0. The van der Waals surface area contributed by atoms with Crippen molar-refractivity contribution in [1.82, 2.24) is 0 Å². The monoisotopic (exact) mass is 221 g/mol. The topological polar surface area (TPSA) is 77.2 Å². The van der Waals surface area contributed by atoms with E-state index in [0.29, 0.717) is 0 Å². The molecular formula is C9H19NO3S. The van der Waals surface area contributed by atoms with Crippen LogP contribution in [-0.4, -0.2) is 30.7 Å². The number of Topliss-reactive ketones (excluding diaryl/α,β-unsaturated/α-hetero) is 1. The van der Waals surface area contributed by atoms with Gasteiger partial charge in [-0.15, -0.1) is 0 Å². The van der Waals surface area contributed by atoms with E-state index in [9.17, 15) is 13.2 Å². The third kappa shape index (κ3) is 4.19. The van der Waals surface area contributed by atoms with E-state index in [1.54, 1.807) is 27.7 Å². The van der Waals surface area contributed by atoms with Crippen molar-refractivity contribution >= 4 is 15.6 Å². The molecule has 0 bridgehead atoms. The molecule has 0 heterocycles.